The van der Waals surface area contributed by atoms with Gasteiger partial charge in [0.15, 0.2) is 0 Å². The van der Waals surface area contributed by atoms with E-state index in [1.807, 2.05) is 6.92 Å². The standard InChI is InChI=1S/C28H31ClFN3O5S/c1-4-16-31-28(35)20(2)32(18-21-6-5-7-22(29)17-21)27(34)19-33(24-10-8-23(30)9-11-24)39(36,37)26-14-12-25(38-3)13-15-26/h5-15,17,20H,4,16,18-19H2,1-3H3,(H,31,35)/t20-/m0/s1. The van der Waals surface area contributed by atoms with Crippen LogP contribution in [0.25, 0.3) is 0 Å². The fourth-order valence-corrected chi connectivity index (χ4v) is 5.45. The Hall–Kier alpha value is -3.63. The molecule has 0 unspecified atom stereocenters. The van der Waals surface area contributed by atoms with Crippen molar-refractivity contribution in [3.8, 4) is 5.75 Å². The molecule has 2 amide bonds. The number of sulfonamides is 1. The number of rotatable bonds is 12. The lowest BCUT2D eigenvalue weighted by Crippen LogP contribution is -2.51. The minimum absolute atomic E-state index is 0.0138. The van der Waals surface area contributed by atoms with Gasteiger partial charge in [0, 0.05) is 18.1 Å². The molecule has 0 spiro atoms. The van der Waals surface area contributed by atoms with Crippen molar-refractivity contribution in [3.05, 3.63) is 89.2 Å². The van der Waals surface area contributed by atoms with E-state index < -0.39 is 34.3 Å². The van der Waals surface area contributed by atoms with Crippen molar-refractivity contribution in [1.82, 2.24) is 10.2 Å². The van der Waals surface area contributed by atoms with Crippen LogP contribution < -0.4 is 14.4 Å². The topological polar surface area (TPSA) is 96.0 Å². The predicted molar refractivity (Wildman–Crippen MR) is 149 cm³/mol. The van der Waals surface area contributed by atoms with E-state index in [-0.39, 0.29) is 23.0 Å². The summed E-state index contributed by atoms with van der Waals surface area (Å²) in [5, 5.41) is 3.23. The molecule has 3 aromatic rings. The van der Waals surface area contributed by atoms with E-state index in [1.54, 1.807) is 31.2 Å². The molecule has 1 N–H and O–H groups in total. The molecule has 11 heteroatoms. The van der Waals surface area contributed by atoms with Gasteiger partial charge >= 0.3 is 0 Å². The van der Waals surface area contributed by atoms with Crippen molar-refractivity contribution in [2.45, 2.75) is 37.8 Å². The van der Waals surface area contributed by atoms with Crippen molar-refractivity contribution in [1.29, 1.82) is 0 Å². The highest BCUT2D eigenvalue weighted by molar-refractivity contribution is 7.92. The van der Waals surface area contributed by atoms with Crippen LogP contribution in [0, 0.1) is 5.82 Å². The van der Waals surface area contributed by atoms with Gasteiger partial charge in [0.05, 0.1) is 17.7 Å². The Labute approximate surface area is 233 Å². The molecule has 0 aliphatic rings. The van der Waals surface area contributed by atoms with Gasteiger partial charge in [-0.1, -0.05) is 30.7 Å². The molecule has 0 aromatic heterocycles. The normalized spacial score (nSPS) is 11.9. The lowest BCUT2D eigenvalue weighted by Gasteiger charge is -2.32. The summed E-state index contributed by atoms with van der Waals surface area (Å²) in [5.41, 5.74) is 0.753. The number of halogens is 2. The quantitative estimate of drug-likeness (QED) is 0.340. The van der Waals surface area contributed by atoms with Crippen LogP contribution in [0.3, 0.4) is 0 Å². The summed E-state index contributed by atoms with van der Waals surface area (Å²) >= 11 is 6.14. The molecular weight excluding hydrogens is 545 g/mol. The fraction of sp³-hybridized carbons (Fsp3) is 0.286. The van der Waals surface area contributed by atoms with Crippen molar-refractivity contribution < 1.29 is 27.1 Å². The molecule has 0 aliphatic carbocycles. The molecule has 0 aliphatic heterocycles. The maximum atomic E-state index is 13.8. The Balaban J connectivity index is 2.01. The summed E-state index contributed by atoms with van der Waals surface area (Å²) in [4.78, 5) is 27.9. The third-order valence-corrected chi connectivity index (χ3v) is 8.02. The molecule has 208 valence electrons. The number of ether oxygens (including phenoxy) is 1. The van der Waals surface area contributed by atoms with Gasteiger partial charge in [0.2, 0.25) is 11.8 Å². The zero-order valence-electron chi connectivity index (χ0n) is 21.9. The van der Waals surface area contributed by atoms with Gasteiger partial charge < -0.3 is 15.0 Å². The van der Waals surface area contributed by atoms with Crippen molar-refractivity contribution in [3.63, 3.8) is 0 Å². The van der Waals surface area contributed by atoms with E-state index in [2.05, 4.69) is 5.32 Å². The van der Waals surface area contributed by atoms with Crippen molar-refractivity contribution >= 4 is 39.1 Å². The number of amides is 2. The highest BCUT2D eigenvalue weighted by Crippen LogP contribution is 2.26. The molecule has 1 atom stereocenters. The Morgan fingerprint density at radius 2 is 1.72 bits per heavy atom. The maximum Gasteiger partial charge on any atom is 0.264 e. The van der Waals surface area contributed by atoms with Crippen LogP contribution >= 0.6 is 11.6 Å². The average Bonchev–Trinajstić information content (AvgIpc) is 2.93. The third kappa shape index (κ3) is 7.70. The van der Waals surface area contributed by atoms with Gasteiger partial charge in [0.25, 0.3) is 10.0 Å². The minimum Gasteiger partial charge on any atom is -0.497 e. The van der Waals surface area contributed by atoms with Crippen LogP contribution in [0.15, 0.2) is 77.7 Å². The van der Waals surface area contributed by atoms with E-state index >= 15 is 0 Å². The summed E-state index contributed by atoms with van der Waals surface area (Å²) in [6.45, 7) is 3.29. The number of anilines is 1. The number of methoxy groups -OCH3 is 1. The smallest absolute Gasteiger partial charge is 0.264 e. The summed E-state index contributed by atoms with van der Waals surface area (Å²) in [5.74, 6) is -1.11. The summed E-state index contributed by atoms with van der Waals surface area (Å²) in [6, 6.07) is 16.4. The second kappa shape index (κ2) is 13.4. The molecule has 0 heterocycles. The van der Waals surface area contributed by atoms with Gasteiger partial charge in [-0.2, -0.15) is 0 Å². The Morgan fingerprint density at radius 3 is 2.31 bits per heavy atom. The molecule has 0 radical (unpaired) electrons. The number of carbonyl (C=O) groups excluding carboxylic acids is 2. The van der Waals surface area contributed by atoms with Crippen molar-refractivity contribution in [2.75, 3.05) is 24.5 Å². The Morgan fingerprint density at radius 1 is 1.05 bits per heavy atom. The molecule has 3 rings (SSSR count). The first-order valence-corrected chi connectivity index (χ1v) is 14.1. The largest absolute Gasteiger partial charge is 0.497 e. The summed E-state index contributed by atoms with van der Waals surface area (Å²) in [7, 11) is -2.82. The van der Waals surface area contributed by atoms with Crippen LogP contribution in [-0.2, 0) is 26.2 Å². The van der Waals surface area contributed by atoms with Gasteiger partial charge in [-0.15, -0.1) is 0 Å². The molecule has 0 fully saturated rings. The number of hydrogen-bond acceptors (Lipinski definition) is 5. The van der Waals surface area contributed by atoms with Crippen LogP contribution in [0.5, 0.6) is 5.75 Å². The minimum atomic E-state index is -4.27. The van der Waals surface area contributed by atoms with Crippen LogP contribution in [0.4, 0.5) is 10.1 Å². The van der Waals surface area contributed by atoms with Crippen molar-refractivity contribution in [2.24, 2.45) is 0 Å². The van der Waals surface area contributed by atoms with Crippen LogP contribution in [-0.4, -0.2) is 51.4 Å². The first kappa shape index (κ1) is 29.9. The summed E-state index contributed by atoms with van der Waals surface area (Å²) in [6.07, 6.45) is 0.707. The van der Waals surface area contributed by atoms with Gasteiger partial charge in [-0.25, -0.2) is 12.8 Å². The Bertz CT molecular complexity index is 1390. The molecule has 3 aromatic carbocycles. The highest BCUT2D eigenvalue weighted by Gasteiger charge is 2.32. The fourth-order valence-electron chi connectivity index (χ4n) is 3.82. The summed E-state index contributed by atoms with van der Waals surface area (Å²) < 4.78 is 47.2. The zero-order chi connectivity index (χ0) is 28.6. The zero-order valence-corrected chi connectivity index (χ0v) is 23.5. The molecule has 0 saturated carbocycles. The number of nitrogens with zero attached hydrogens (tertiary/aromatic N) is 2. The third-order valence-electron chi connectivity index (χ3n) is 6.00. The molecule has 0 saturated heterocycles. The van der Waals surface area contributed by atoms with E-state index in [4.69, 9.17) is 16.3 Å². The first-order valence-electron chi connectivity index (χ1n) is 12.3. The van der Waals surface area contributed by atoms with Crippen LogP contribution in [0.1, 0.15) is 25.8 Å². The van der Waals surface area contributed by atoms with E-state index in [9.17, 15) is 22.4 Å². The number of hydrogen-bond donors (Lipinski definition) is 1. The van der Waals surface area contributed by atoms with Gasteiger partial charge in [-0.05, 0) is 79.6 Å². The van der Waals surface area contributed by atoms with E-state index in [1.165, 1.54) is 48.4 Å². The van der Waals surface area contributed by atoms with Gasteiger partial charge in [-0.3, -0.25) is 13.9 Å². The monoisotopic (exact) mass is 575 g/mol. The number of benzene rings is 3. The van der Waals surface area contributed by atoms with E-state index in [0.717, 1.165) is 16.4 Å². The van der Waals surface area contributed by atoms with Crippen LogP contribution in [0.2, 0.25) is 5.02 Å². The molecular formula is C28H31ClFN3O5S. The Kier molecular flexibility index (Phi) is 10.3. The lowest BCUT2D eigenvalue weighted by molar-refractivity contribution is -0.139. The molecule has 39 heavy (non-hydrogen) atoms. The molecule has 8 nitrogen and oxygen atoms in total. The second-order valence-electron chi connectivity index (χ2n) is 8.78. The first-order chi connectivity index (χ1) is 18.6. The van der Waals surface area contributed by atoms with E-state index in [0.29, 0.717) is 29.3 Å². The van der Waals surface area contributed by atoms with Gasteiger partial charge in [0.1, 0.15) is 24.2 Å². The second-order valence-corrected chi connectivity index (χ2v) is 11.1. The maximum absolute atomic E-state index is 13.8. The average molecular weight is 576 g/mol. The number of nitrogens with one attached hydrogen (secondary N) is 1. The predicted octanol–water partition coefficient (Wildman–Crippen LogP) is 4.63. The lowest BCUT2D eigenvalue weighted by atomic mass is 10.1. The highest BCUT2D eigenvalue weighted by atomic mass is 35.5. The molecule has 0 bridgehead atoms. The SMILES string of the molecule is CCCNC(=O)[C@H](C)N(Cc1cccc(Cl)c1)C(=O)CN(c1ccc(F)cc1)S(=O)(=O)c1ccc(OC)cc1. The number of carbonyl (C=O) groups is 2.